The zero-order valence-electron chi connectivity index (χ0n) is 9.49. The van der Waals surface area contributed by atoms with Crippen molar-refractivity contribution in [3.63, 3.8) is 0 Å². The van der Waals surface area contributed by atoms with Gasteiger partial charge in [-0.15, -0.1) is 0 Å². The molecule has 1 saturated carbocycles. The van der Waals surface area contributed by atoms with Gasteiger partial charge in [0.15, 0.2) is 0 Å². The topological polar surface area (TPSA) is 37.3 Å². The second-order valence-corrected chi connectivity index (χ2v) is 6.11. The van der Waals surface area contributed by atoms with Crippen molar-refractivity contribution in [1.29, 1.82) is 0 Å². The Bertz CT molecular complexity index is 398. The van der Waals surface area contributed by atoms with Crippen LogP contribution in [0.3, 0.4) is 0 Å². The molecule has 0 aromatic heterocycles. The van der Waals surface area contributed by atoms with Crippen molar-refractivity contribution in [3.8, 4) is 0 Å². The van der Waals surface area contributed by atoms with Crippen LogP contribution in [0.5, 0.6) is 0 Å². The van der Waals surface area contributed by atoms with Gasteiger partial charge in [-0.1, -0.05) is 23.7 Å². The molecule has 0 heterocycles. The van der Waals surface area contributed by atoms with Gasteiger partial charge in [0.25, 0.3) is 0 Å². The number of carboxylic acid groups (broad SMARTS) is 1. The van der Waals surface area contributed by atoms with Crippen LogP contribution in [0.2, 0.25) is 5.02 Å². The van der Waals surface area contributed by atoms with Crippen molar-refractivity contribution in [2.24, 2.45) is 5.41 Å². The van der Waals surface area contributed by atoms with Crippen LogP contribution in [0.25, 0.3) is 0 Å². The highest BCUT2D eigenvalue weighted by Crippen LogP contribution is 2.51. The molecule has 0 saturated heterocycles. The zero-order chi connectivity index (χ0) is 12.3. The molecule has 0 bridgehead atoms. The number of hydrogen-bond acceptors (Lipinski definition) is 2. The molecule has 1 fully saturated rings. The number of hydrogen-bond donors (Lipinski definition) is 1. The SMILES string of the molecule is O=C(O)CC1(CSCc2ccc(Cl)cc2)CC1. The van der Waals surface area contributed by atoms with E-state index in [1.54, 1.807) is 0 Å². The van der Waals surface area contributed by atoms with Crippen molar-refractivity contribution in [2.45, 2.75) is 25.0 Å². The molecule has 0 amide bonds. The molecule has 4 heteroatoms. The van der Waals surface area contributed by atoms with Gasteiger partial charge in [0.2, 0.25) is 0 Å². The molecule has 0 atom stereocenters. The van der Waals surface area contributed by atoms with E-state index in [0.717, 1.165) is 29.4 Å². The molecule has 2 nitrogen and oxygen atoms in total. The minimum absolute atomic E-state index is 0.0862. The van der Waals surface area contributed by atoms with E-state index in [2.05, 4.69) is 0 Å². The van der Waals surface area contributed by atoms with E-state index in [4.69, 9.17) is 16.7 Å². The summed E-state index contributed by atoms with van der Waals surface area (Å²) < 4.78 is 0. The molecular formula is C13H15ClO2S. The fraction of sp³-hybridized carbons (Fsp3) is 0.462. The number of thioether (sulfide) groups is 1. The Kier molecular flexibility index (Phi) is 4.00. The van der Waals surface area contributed by atoms with Crippen molar-refractivity contribution < 1.29 is 9.90 Å². The molecule has 1 N–H and O–H groups in total. The largest absolute Gasteiger partial charge is 0.481 e. The molecule has 1 aliphatic rings. The van der Waals surface area contributed by atoms with Crippen LogP contribution < -0.4 is 0 Å². The monoisotopic (exact) mass is 270 g/mol. The fourth-order valence-corrected chi connectivity index (χ4v) is 3.32. The fourth-order valence-electron chi connectivity index (χ4n) is 1.84. The second-order valence-electron chi connectivity index (χ2n) is 4.69. The van der Waals surface area contributed by atoms with Crippen LogP contribution in [0, 0.1) is 5.41 Å². The number of aliphatic carboxylic acids is 1. The molecule has 1 aromatic rings. The van der Waals surface area contributed by atoms with Gasteiger partial charge in [-0.05, 0) is 41.7 Å². The van der Waals surface area contributed by atoms with Gasteiger partial charge in [0.05, 0.1) is 6.42 Å². The maximum atomic E-state index is 10.7. The Morgan fingerprint density at radius 1 is 1.35 bits per heavy atom. The quantitative estimate of drug-likeness (QED) is 0.854. The van der Waals surface area contributed by atoms with Crippen LogP contribution in [0.15, 0.2) is 24.3 Å². The highest BCUT2D eigenvalue weighted by molar-refractivity contribution is 7.98. The first-order valence-electron chi connectivity index (χ1n) is 5.64. The molecule has 1 aromatic carbocycles. The van der Waals surface area contributed by atoms with Gasteiger partial charge in [0.1, 0.15) is 0 Å². The molecule has 0 unspecified atom stereocenters. The summed E-state index contributed by atoms with van der Waals surface area (Å²) in [5, 5.41) is 9.57. The van der Waals surface area contributed by atoms with Crippen LogP contribution in [0.4, 0.5) is 0 Å². The normalized spacial score (nSPS) is 16.8. The van der Waals surface area contributed by atoms with Gasteiger partial charge in [-0.2, -0.15) is 11.8 Å². The number of rotatable bonds is 6. The molecule has 0 aliphatic heterocycles. The standard InChI is InChI=1S/C13H15ClO2S/c14-11-3-1-10(2-4-11)8-17-9-13(5-6-13)7-12(15)16/h1-4H,5-9H2,(H,15,16). The summed E-state index contributed by atoms with van der Waals surface area (Å²) in [6, 6.07) is 7.82. The summed E-state index contributed by atoms with van der Waals surface area (Å²) in [5.74, 6) is 1.20. The number of halogens is 1. The maximum Gasteiger partial charge on any atom is 0.303 e. The Labute approximate surface area is 110 Å². The average molecular weight is 271 g/mol. The molecular weight excluding hydrogens is 256 g/mol. The summed E-state index contributed by atoms with van der Waals surface area (Å²) in [5.41, 5.74) is 1.33. The van der Waals surface area contributed by atoms with E-state index in [-0.39, 0.29) is 5.41 Å². The third-order valence-corrected chi connectivity index (χ3v) is 4.68. The van der Waals surface area contributed by atoms with Gasteiger partial charge in [-0.25, -0.2) is 0 Å². The number of benzene rings is 1. The maximum absolute atomic E-state index is 10.7. The van der Waals surface area contributed by atoms with Crippen molar-refractivity contribution in [1.82, 2.24) is 0 Å². The molecule has 0 radical (unpaired) electrons. The lowest BCUT2D eigenvalue weighted by Crippen LogP contribution is -2.11. The predicted octanol–water partition coefficient (Wildman–Crippen LogP) is 3.83. The van der Waals surface area contributed by atoms with Gasteiger partial charge >= 0.3 is 5.97 Å². The molecule has 1 aliphatic carbocycles. The molecule has 92 valence electrons. The van der Waals surface area contributed by atoms with Crippen LogP contribution in [-0.4, -0.2) is 16.8 Å². The van der Waals surface area contributed by atoms with Gasteiger partial charge in [-0.3, -0.25) is 4.79 Å². The summed E-state index contributed by atoms with van der Waals surface area (Å²) in [6.45, 7) is 0. The lowest BCUT2D eigenvalue weighted by molar-refractivity contribution is -0.138. The molecule has 2 rings (SSSR count). The van der Waals surface area contributed by atoms with E-state index in [9.17, 15) is 4.79 Å². The van der Waals surface area contributed by atoms with Crippen molar-refractivity contribution >= 4 is 29.3 Å². The summed E-state index contributed by atoms with van der Waals surface area (Å²) in [4.78, 5) is 10.7. The predicted molar refractivity (Wildman–Crippen MR) is 71.5 cm³/mol. The Morgan fingerprint density at radius 3 is 2.53 bits per heavy atom. The Morgan fingerprint density at radius 2 is 2.00 bits per heavy atom. The van der Waals surface area contributed by atoms with Crippen molar-refractivity contribution in [2.75, 3.05) is 5.75 Å². The number of carboxylic acids is 1. The second kappa shape index (κ2) is 5.32. The number of carbonyl (C=O) groups is 1. The summed E-state index contributed by atoms with van der Waals surface area (Å²) >= 11 is 7.63. The van der Waals surface area contributed by atoms with E-state index in [1.807, 2.05) is 36.0 Å². The molecule has 17 heavy (non-hydrogen) atoms. The summed E-state index contributed by atoms with van der Waals surface area (Å²) in [6.07, 6.45) is 2.44. The van der Waals surface area contributed by atoms with Gasteiger partial charge in [0, 0.05) is 10.8 Å². The highest BCUT2D eigenvalue weighted by Gasteiger charge is 2.43. The van der Waals surface area contributed by atoms with E-state index in [1.165, 1.54) is 5.56 Å². The van der Waals surface area contributed by atoms with E-state index in [0.29, 0.717) is 6.42 Å². The van der Waals surface area contributed by atoms with E-state index < -0.39 is 5.97 Å². The minimum atomic E-state index is -0.672. The first-order chi connectivity index (χ1) is 8.10. The third-order valence-electron chi connectivity index (χ3n) is 3.07. The lowest BCUT2D eigenvalue weighted by atomic mass is 10.1. The van der Waals surface area contributed by atoms with E-state index >= 15 is 0 Å². The first-order valence-corrected chi connectivity index (χ1v) is 7.17. The van der Waals surface area contributed by atoms with Crippen molar-refractivity contribution in [3.05, 3.63) is 34.9 Å². The lowest BCUT2D eigenvalue weighted by Gasteiger charge is -2.11. The first kappa shape index (κ1) is 12.8. The minimum Gasteiger partial charge on any atom is -0.481 e. The van der Waals surface area contributed by atoms with Crippen LogP contribution in [-0.2, 0) is 10.5 Å². The van der Waals surface area contributed by atoms with Crippen LogP contribution in [0.1, 0.15) is 24.8 Å². The smallest absolute Gasteiger partial charge is 0.303 e. The van der Waals surface area contributed by atoms with Gasteiger partial charge < -0.3 is 5.11 Å². The highest BCUT2D eigenvalue weighted by atomic mass is 35.5. The average Bonchev–Trinajstić information content (AvgIpc) is 3.00. The van der Waals surface area contributed by atoms with Crippen LogP contribution >= 0.6 is 23.4 Å². The Balaban J connectivity index is 1.76. The molecule has 0 spiro atoms. The summed E-state index contributed by atoms with van der Waals surface area (Å²) in [7, 11) is 0. The zero-order valence-corrected chi connectivity index (χ0v) is 11.1. The third kappa shape index (κ3) is 3.93. The Hall–Kier alpha value is -0.670.